The number of alkyl halides is 4. The standard InChI is InChI=1S/C7H4F4IN/c8-3-5-4(12)1-2-6(13-5)7(9,10)11/h1-2H,3H2. The molecule has 0 radical (unpaired) electrons. The van der Waals surface area contributed by atoms with Crippen molar-refractivity contribution in [3.05, 3.63) is 27.1 Å². The molecule has 6 heteroatoms. The number of aromatic nitrogens is 1. The van der Waals surface area contributed by atoms with Gasteiger partial charge in [0.05, 0.1) is 5.69 Å². The Morgan fingerprint density at radius 3 is 2.38 bits per heavy atom. The van der Waals surface area contributed by atoms with Crippen LogP contribution >= 0.6 is 22.6 Å². The average Bonchev–Trinajstić information content (AvgIpc) is 2.03. The van der Waals surface area contributed by atoms with Crippen molar-refractivity contribution < 1.29 is 17.6 Å². The number of rotatable bonds is 1. The van der Waals surface area contributed by atoms with E-state index in [0.717, 1.165) is 6.07 Å². The Morgan fingerprint density at radius 2 is 1.92 bits per heavy atom. The van der Waals surface area contributed by atoms with E-state index in [4.69, 9.17) is 0 Å². The summed E-state index contributed by atoms with van der Waals surface area (Å²) in [5, 5.41) is 0. The normalized spacial score (nSPS) is 11.8. The second-order valence-electron chi connectivity index (χ2n) is 2.26. The molecule has 0 atom stereocenters. The molecule has 1 nitrogen and oxygen atoms in total. The molecule has 13 heavy (non-hydrogen) atoms. The maximum Gasteiger partial charge on any atom is 0.433 e. The fourth-order valence-corrected chi connectivity index (χ4v) is 1.18. The second kappa shape index (κ2) is 3.77. The van der Waals surface area contributed by atoms with E-state index in [1.165, 1.54) is 6.07 Å². The van der Waals surface area contributed by atoms with E-state index < -0.39 is 18.5 Å². The molecule has 72 valence electrons. The molecule has 0 aliphatic rings. The molecule has 1 aromatic rings. The third-order valence-electron chi connectivity index (χ3n) is 1.34. The molecule has 0 aliphatic heterocycles. The molecule has 0 fully saturated rings. The van der Waals surface area contributed by atoms with Crippen LogP contribution in [0.5, 0.6) is 0 Å². The van der Waals surface area contributed by atoms with Crippen LogP contribution in [-0.4, -0.2) is 4.98 Å². The fourth-order valence-electron chi connectivity index (χ4n) is 0.736. The largest absolute Gasteiger partial charge is 0.433 e. The van der Waals surface area contributed by atoms with Crippen LogP contribution in [0.15, 0.2) is 12.1 Å². The summed E-state index contributed by atoms with van der Waals surface area (Å²) >= 11 is 1.74. The minimum absolute atomic E-state index is 0.171. The third-order valence-corrected chi connectivity index (χ3v) is 2.32. The Morgan fingerprint density at radius 1 is 1.31 bits per heavy atom. The lowest BCUT2D eigenvalue weighted by atomic mass is 10.3. The molecule has 0 saturated heterocycles. The van der Waals surface area contributed by atoms with Gasteiger partial charge in [0.1, 0.15) is 12.4 Å². The van der Waals surface area contributed by atoms with Gasteiger partial charge in [-0.05, 0) is 34.7 Å². The Hall–Kier alpha value is -0.400. The predicted molar refractivity (Wildman–Crippen MR) is 46.8 cm³/mol. The first-order chi connectivity index (χ1) is 5.95. The first kappa shape index (κ1) is 10.7. The first-order valence-corrected chi connectivity index (χ1v) is 4.31. The molecule has 0 spiro atoms. The van der Waals surface area contributed by atoms with E-state index in [2.05, 4.69) is 4.98 Å². The van der Waals surface area contributed by atoms with E-state index in [0.29, 0.717) is 3.57 Å². The third kappa shape index (κ3) is 2.52. The average molecular weight is 305 g/mol. The van der Waals surface area contributed by atoms with Gasteiger partial charge in [0.25, 0.3) is 0 Å². The monoisotopic (exact) mass is 305 g/mol. The minimum Gasteiger partial charge on any atom is -0.244 e. The van der Waals surface area contributed by atoms with Gasteiger partial charge in [-0.3, -0.25) is 0 Å². The fraction of sp³-hybridized carbons (Fsp3) is 0.286. The molecular formula is C7H4F4IN. The van der Waals surface area contributed by atoms with Crippen LogP contribution in [0.4, 0.5) is 17.6 Å². The highest BCUT2D eigenvalue weighted by Gasteiger charge is 2.32. The lowest BCUT2D eigenvalue weighted by Crippen LogP contribution is -2.09. The zero-order valence-electron chi connectivity index (χ0n) is 6.20. The van der Waals surface area contributed by atoms with Crippen molar-refractivity contribution in [1.82, 2.24) is 4.98 Å². The van der Waals surface area contributed by atoms with Crippen LogP contribution < -0.4 is 0 Å². The molecule has 0 bridgehead atoms. The van der Waals surface area contributed by atoms with Gasteiger partial charge in [-0.1, -0.05) is 0 Å². The van der Waals surface area contributed by atoms with Crippen LogP contribution in [0.1, 0.15) is 11.4 Å². The molecule has 0 amide bonds. The maximum absolute atomic E-state index is 12.1. The summed E-state index contributed by atoms with van der Waals surface area (Å²) in [6.45, 7) is -0.984. The lowest BCUT2D eigenvalue weighted by Gasteiger charge is -2.07. The molecule has 0 N–H and O–H groups in total. The van der Waals surface area contributed by atoms with Crippen molar-refractivity contribution in [2.75, 3.05) is 0 Å². The van der Waals surface area contributed by atoms with E-state index in [9.17, 15) is 17.6 Å². The molecule has 1 rings (SSSR count). The summed E-state index contributed by atoms with van der Waals surface area (Å²) in [7, 11) is 0. The van der Waals surface area contributed by atoms with Crippen LogP contribution in [0, 0.1) is 3.57 Å². The van der Waals surface area contributed by atoms with E-state index >= 15 is 0 Å². The molecule has 0 unspecified atom stereocenters. The number of nitrogens with zero attached hydrogens (tertiary/aromatic N) is 1. The maximum atomic E-state index is 12.1. The topological polar surface area (TPSA) is 12.9 Å². The second-order valence-corrected chi connectivity index (χ2v) is 3.42. The Balaban J connectivity index is 3.14. The van der Waals surface area contributed by atoms with E-state index in [-0.39, 0.29) is 5.69 Å². The summed E-state index contributed by atoms with van der Waals surface area (Å²) in [6, 6.07) is 2.03. The predicted octanol–water partition coefficient (Wildman–Crippen LogP) is 3.17. The Kier molecular flexibility index (Phi) is 3.09. The van der Waals surface area contributed by atoms with Gasteiger partial charge in [0.15, 0.2) is 0 Å². The van der Waals surface area contributed by atoms with Crippen molar-refractivity contribution in [2.24, 2.45) is 0 Å². The first-order valence-electron chi connectivity index (χ1n) is 3.23. The van der Waals surface area contributed by atoms with Gasteiger partial charge in [0, 0.05) is 3.57 Å². The Bertz CT molecular complexity index is 310. The molecule has 0 saturated carbocycles. The Labute approximate surface area is 85.3 Å². The van der Waals surface area contributed by atoms with Gasteiger partial charge in [-0.15, -0.1) is 0 Å². The smallest absolute Gasteiger partial charge is 0.244 e. The van der Waals surface area contributed by atoms with Gasteiger partial charge in [-0.2, -0.15) is 13.2 Å². The summed E-state index contributed by atoms with van der Waals surface area (Å²) < 4.78 is 48.7. The molecule has 0 aliphatic carbocycles. The molecular weight excluding hydrogens is 301 g/mol. The zero-order chi connectivity index (χ0) is 10.1. The highest BCUT2D eigenvalue weighted by atomic mass is 127. The molecule has 1 aromatic heterocycles. The highest BCUT2D eigenvalue weighted by molar-refractivity contribution is 14.1. The van der Waals surface area contributed by atoms with Gasteiger partial charge >= 0.3 is 6.18 Å². The quantitative estimate of drug-likeness (QED) is 0.574. The van der Waals surface area contributed by atoms with Crippen LogP contribution in [0.3, 0.4) is 0 Å². The minimum atomic E-state index is -4.51. The molecule has 1 heterocycles. The van der Waals surface area contributed by atoms with Crippen molar-refractivity contribution in [3.63, 3.8) is 0 Å². The summed E-state index contributed by atoms with van der Waals surface area (Å²) in [5.41, 5.74) is -1.23. The van der Waals surface area contributed by atoms with Crippen molar-refractivity contribution in [2.45, 2.75) is 12.9 Å². The van der Waals surface area contributed by atoms with Crippen molar-refractivity contribution in [3.8, 4) is 0 Å². The highest BCUT2D eigenvalue weighted by Crippen LogP contribution is 2.28. The van der Waals surface area contributed by atoms with Gasteiger partial charge < -0.3 is 0 Å². The number of halogens is 5. The number of pyridine rings is 1. The summed E-state index contributed by atoms with van der Waals surface area (Å²) in [6.07, 6.45) is -4.51. The van der Waals surface area contributed by atoms with E-state index in [1.807, 2.05) is 0 Å². The summed E-state index contributed by atoms with van der Waals surface area (Å²) in [5.74, 6) is 0. The van der Waals surface area contributed by atoms with Crippen molar-refractivity contribution >= 4 is 22.6 Å². The lowest BCUT2D eigenvalue weighted by molar-refractivity contribution is -0.141. The zero-order valence-corrected chi connectivity index (χ0v) is 8.36. The van der Waals surface area contributed by atoms with Crippen LogP contribution in [-0.2, 0) is 12.9 Å². The van der Waals surface area contributed by atoms with Gasteiger partial charge in [-0.25, -0.2) is 9.37 Å². The SMILES string of the molecule is FCc1nc(C(F)(F)F)ccc1I. The van der Waals surface area contributed by atoms with Crippen LogP contribution in [0.25, 0.3) is 0 Å². The number of hydrogen-bond acceptors (Lipinski definition) is 1. The van der Waals surface area contributed by atoms with E-state index in [1.54, 1.807) is 22.6 Å². The summed E-state index contributed by atoms with van der Waals surface area (Å²) in [4.78, 5) is 3.15. The van der Waals surface area contributed by atoms with Crippen molar-refractivity contribution in [1.29, 1.82) is 0 Å². The van der Waals surface area contributed by atoms with Crippen LogP contribution in [0.2, 0.25) is 0 Å². The van der Waals surface area contributed by atoms with Gasteiger partial charge in [0.2, 0.25) is 0 Å². The molecule has 0 aromatic carbocycles. The number of hydrogen-bond donors (Lipinski definition) is 0.